The van der Waals surface area contributed by atoms with Crippen molar-refractivity contribution in [2.75, 3.05) is 7.11 Å². The Morgan fingerprint density at radius 3 is 2.67 bits per heavy atom. The summed E-state index contributed by atoms with van der Waals surface area (Å²) in [5, 5.41) is 29.6. The Labute approximate surface area is 171 Å². The Hall–Kier alpha value is -3.30. The number of aliphatic hydroxyl groups is 1. The van der Waals surface area contributed by atoms with Gasteiger partial charge in [0.05, 0.1) is 13.2 Å². The molecule has 2 aromatic rings. The number of hydrogen-bond donors (Lipinski definition) is 4. The summed E-state index contributed by atoms with van der Waals surface area (Å²) in [6.07, 6.45) is 0.360. The molecule has 30 heavy (non-hydrogen) atoms. The van der Waals surface area contributed by atoms with Crippen molar-refractivity contribution in [1.82, 2.24) is 0 Å². The molecule has 2 aromatic carbocycles. The molecule has 0 bridgehead atoms. The van der Waals surface area contributed by atoms with Crippen molar-refractivity contribution in [2.45, 2.75) is 37.2 Å². The van der Waals surface area contributed by atoms with E-state index in [1.54, 1.807) is 24.3 Å². The van der Waals surface area contributed by atoms with Crippen LogP contribution in [0.5, 0.6) is 17.2 Å². The third kappa shape index (κ3) is 3.03. The standard InChI is InChI=1S/C21H21NO8/c1-28-12-4-2-3-10(7-12)15(23)8-11-9-16-18(13-5-6-14(22)17(11)13)30-21(29-16,19(24)25)20(26)27/h2-4,7,9,14-15,23H,5-6,8,22H2,1H3,(H,24,25)(H,26,27). The molecule has 0 aromatic heterocycles. The fourth-order valence-electron chi connectivity index (χ4n) is 4.04. The van der Waals surface area contributed by atoms with Gasteiger partial charge in [0, 0.05) is 18.0 Å². The number of carboxylic acids is 2. The highest BCUT2D eigenvalue weighted by atomic mass is 16.8. The molecule has 1 aliphatic heterocycles. The van der Waals surface area contributed by atoms with E-state index < -0.39 is 23.8 Å². The monoisotopic (exact) mass is 415 g/mol. The lowest BCUT2D eigenvalue weighted by Gasteiger charge is -2.18. The summed E-state index contributed by atoms with van der Waals surface area (Å²) < 4.78 is 15.8. The Morgan fingerprint density at radius 2 is 2.00 bits per heavy atom. The van der Waals surface area contributed by atoms with Gasteiger partial charge < -0.3 is 35.3 Å². The van der Waals surface area contributed by atoms with Crippen LogP contribution < -0.4 is 19.9 Å². The molecule has 0 spiro atoms. The highest BCUT2D eigenvalue weighted by molar-refractivity contribution is 6.01. The molecule has 2 aliphatic rings. The van der Waals surface area contributed by atoms with E-state index in [1.165, 1.54) is 13.2 Å². The van der Waals surface area contributed by atoms with E-state index in [0.29, 0.717) is 35.3 Å². The number of nitrogens with two attached hydrogens (primary N) is 1. The van der Waals surface area contributed by atoms with Crippen molar-refractivity contribution in [2.24, 2.45) is 5.73 Å². The molecule has 0 radical (unpaired) electrons. The minimum atomic E-state index is -2.84. The fourth-order valence-corrected chi connectivity index (χ4v) is 4.04. The molecule has 1 aliphatic carbocycles. The second kappa shape index (κ2) is 7.19. The molecule has 4 rings (SSSR count). The highest BCUT2D eigenvalue weighted by Crippen LogP contribution is 2.50. The Morgan fingerprint density at radius 1 is 1.27 bits per heavy atom. The summed E-state index contributed by atoms with van der Waals surface area (Å²) in [5.41, 5.74) is 8.90. The molecule has 158 valence electrons. The summed E-state index contributed by atoms with van der Waals surface area (Å²) in [6.45, 7) is 0. The normalized spacial score (nSPS) is 19.2. The minimum Gasteiger partial charge on any atom is -0.497 e. The van der Waals surface area contributed by atoms with Gasteiger partial charge in [-0.05, 0) is 47.7 Å². The number of carbonyl (C=O) groups is 2. The van der Waals surface area contributed by atoms with E-state index in [1.807, 2.05) is 0 Å². The molecule has 5 N–H and O–H groups in total. The molecule has 1 heterocycles. The molecule has 0 saturated carbocycles. The number of aliphatic hydroxyl groups excluding tert-OH is 1. The Bertz CT molecular complexity index is 1020. The summed E-state index contributed by atoms with van der Waals surface area (Å²) >= 11 is 0. The van der Waals surface area contributed by atoms with Gasteiger partial charge in [-0.2, -0.15) is 0 Å². The van der Waals surface area contributed by atoms with E-state index in [0.717, 1.165) is 5.56 Å². The predicted octanol–water partition coefficient (Wildman–Crippen LogP) is 1.55. The Balaban J connectivity index is 1.74. The lowest BCUT2D eigenvalue weighted by molar-refractivity contribution is -0.194. The highest BCUT2D eigenvalue weighted by Gasteiger charge is 2.58. The number of ether oxygens (including phenoxy) is 3. The van der Waals surface area contributed by atoms with E-state index in [9.17, 15) is 24.9 Å². The SMILES string of the molecule is COc1cccc(C(O)Cc2cc3c(c4c2C(N)CC4)OC(C(=O)O)(C(=O)O)O3)c1. The Kier molecular flexibility index (Phi) is 4.79. The van der Waals surface area contributed by atoms with Crippen LogP contribution in [0, 0.1) is 0 Å². The molecule has 0 amide bonds. The topological polar surface area (TPSA) is 149 Å². The fraction of sp³-hybridized carbons (Fsp3) is 0.333. The number of fused-ring (bicyclic) bond motifs is 3. The number of carboxylic acid groups (broad SMARTS) is 2. The maximum absolute atomic E-state index is 11.6. The van der Waals surface area contributed by atoms with Crippen molar-refractivity contribution in [1.29, 1.82) is 0 Å². The quantitative estimate of drug-likeness (QED) is 0.516. The first-order valence-corrected chi connectivity index (χ1v) is 9.38. The average molecular weight is 415 g/mol. The van der Waals surface area contributed by atoms with Gasteiger partial charge in [0.1, 0.15) is 5.75 Å². The van der Waals surface area contributed by atoms with Crippen LogP contribution in [0.4, 0.5) is 0 Å². The number of rotatable bonds is 6. The van der Waals surface area contributed by atoms with Crippen molar-refractivity contribution < 1.29 is 39.1 Å². The summed E-state index contributed by atoms with van der Waals surface area (Å²) in [7, 11) is 1.53. The summed E-state index contributed by atoms with van der Waals surface area (Å²) in [5.74, 6) is -5.66. The maximum Gasteiger partial charge on any atom is 0.453 e. The van der Waals surface area contributed by atoms with E-state index >= 15 is 0 Å². The van der Waals surface area contributed by atoms with Crippen LogP contribution >= 0.6 is 0 Å². The smallest absolute Gasteiger partial charge is 0.453 e. The lowest BCUT2D eigenvalue weighted by atomic mass is 9.93. The van der Waals surface area contributed by atoms with E-state index in [2.05, 4.69) is 0 Å². The third-order valence-electron chi connectivity index (χ3n) is 5.50. The minimum absolute atomic E-state index is 0.0143. The zero-order valence-corrected chi connectivity index (χ0v) is 16.1. The summed E-state index contributed by atoms with van der Waals surface area (Å²) in [6, 6.07) is 8.18. The van der Waals surface area contributed by atoms with Crippen molar-refractivity contribution in [3.05, 3.63) is 52.6 Å². The molecule has 2 atom stereocenters. The molecule has 9 nitrogen and oxygen atoms in total. The van der Waals surface area contributed by atoms with Crippen LogP contribution in [0.25, 0.3) is 0 Å². The van der Waals surface area contributed by atoms with Crippen LogP contribution in [0.15, 0.2) is 30.3 Å². The van der Waals surface area contributed by atoms with Crippen LogP contribution in [0.3, 0.4) is 0 Å². The van der Waals surface area contributed by atoms with Crippen LogP contribution in [-0.4, -0.2) is 40.2 Å². The molecular weight excluding hydrogens is 394 g/mol. The van der Waals surface area contributed by atoms with E-state index in [4.69, 9.17) is 19.9 Å². The number of aliphatic carboxylic acids is 2. The van der Waals surface area contributed by atoms with Gasteiger partial charge in [0.15, 0.2) is 11.5 Å². The largest absolute Gasteiger partial charge is 0.497 e. The predicted molar refractivity (Wildman–Crippen MR) is 103 cm³/mol. The first-order chi connectivity index (χ1) is 14.3. The lowest BCUT2D eigenvalue weighted by Crippen LogP contribution is -2.54. The first kappa shape index (κ1) is 20.0. The second-order valence-corrected chi connectivity index (χ2v) is 7.33. The molecule has 9 heteroatoms. The summed E-state index contributed by atoms with van der Waals surface area (Å²) in [4.78, 5) is 23.2. The van der Waals surface area contributed by atoms with Gasteiger partial charge >= 0.3 is 17.7 Å². The van der Waals surface area contributed by atoms with Gasteiger partial charge in [0.25, 0.3) is 0 Å². The van der Waals surface area contributed by atoms with E-state index in [-0.39, 0.29) is 24.0 Å². The molecule has 2 unspecified atom stereocenters. The molecule has 0 saturated heterocycles. The van der Waals surface area contributed by atoms with Crippen LogP contribution in [0.1, 0.15) is 40.8 Å². The van der Waals surface area contributed by atoms with Crippen molar-refractivity contribution in [3.63, 3.8) is 0 Å². The van der Waals surface area contributed by atoms with Crippen LogP contribution in [0.2, 0.25) is 0 Å². The molecular formula is C21H21NO8. The average Bonchev–Trinajstić information content (AvgIpc) is 3.30. The van der Waals surface area contributed by atoms with Crippen molar-refractivity contribution >= 4 is 11.9 Å². The number of hydrogen-bond acceptors (Lipinski definition) is 7. The molecule has 0 fully saturated rings. The zero-order chi connectivity index (χ0) is 21.6. The van der Waals surface area contributed by atoms with Crippen LogP contribution in [-0.2, 0) is 22.4 Å². The zero-order valence-electron chi connectivity index (χ0n) is 16.1. The van der Waals surface area contributed by atoms with Crippen molar-refractivity contribution in [3.8, 4) is 17.2 Å². The number of methoxy groups -OCH3 is 1. The van der Waals surface area contributed by atoms with Gasteiger partial charge in [-0.1, -0.05) is 12.1 Å². The second-order valence-electron chi connectivity index (χ2n) is 7.33. The third-order valence-corrected chi connectivity index (χ3v) is 5.50. The number of benzene rings is 2. The van der Waals surface area contributed by atoms with Gasteiger partial charge in [0.2, 0.25) is 0 Å². The van der Waals surface area contributed by atoms with Gasteiger partial charge in [-0.3, -0.25) is 0 Å². The first-order valence-electron chi connectivity index (χ1n) is 9.38. The maximum atomic E-state index is 11.6. The van der Waals surface area contributed by atoms with Gasteiger partial charge in [-0.25, -0.2) is 9.59 Å². The van der Waals surface area contributed by atoms with Gasteiger partial charge in [-0.15, -0.1) is 0 Å².